The van der Waals surface area contributed by atoms with Gasteiger partial charge in [0, 0.05) is 19.0 Å². The molecule has 0 aromatic carbocycles. The first-order valence-corrected chi connectivity index (χ1v) is 5.63. The van der Waals surface area contributed by atoms with Gasteiger partial charge in [0.05, 0.1) is 0 Å². The number of hydrogen-bond acceptors (Lipinski definition) is 5. The first-order valence-electron chi connectivity index (χ1n) is 5.63. The van der Waals surface area contributed by atoms with E-state index in [1.165, 1.54) is 6.20 Å². The Morgan fingerprint density at radius 1 is 1.56 bits per heavy atom. The van der Waals surface area contributed by atoms with Crippen LogP contribution in [0.2, 0.25) is 0 Å². The molecule has 0 fully saturated rings. The molecule has 1 rings (SSSR count). The van der Waals surface area contributed by atoms with Gasteiger partial charge in [0.25, 0.3) is 0 Å². The lowest BCUT2D eigenvalue weighted by Crippen LogP contribution is -2.31. The van der Waals surface area contributed by atoms with E-state index in [2.05, 4.69) is 15.6 Å². The van der Waals surface area contributed by atoms with Crippen molar-refractivity contribution in [1.29, 1.82) is 0 Å². The Labute approximate surface area is 105 Å². The molecule has 7 nitrogen and oxygen atoms in total. The van der Waals surface area contributed by atoms with E-state index in [0.717, 1.165) is 0 Å². The largest absolute Gasteiger partial charge is 0.386 e. The fourth-order valence-electron chi connectivity index (χ4n) is 1.39. The number of carbonyl (C=O) groups is 1. The van der Waals surface area contributed by atoms with E-state index in [9.17, 15) is 14.9 Å². The molecular formula is C11H16N4O3. The van der Waals surface area contributed by atoms with Crippen LogP contribution < -0.4 is 10.6 Å². The maximum absolute atomic E-state index is 11.4. The lowest BCUT2D eigenvalue weighted by atomic mass is 10.3. The number of nitrogens with zero attached hydrogens (tertiary/aromatic N) is 2. The van der Waals surface area contributed by atoms with Gasteiger partial charge in [0.1, 0.15) is 11.9 Å². The number of nitrogens with one attached hydrogen (secondary N) is 2. The van der Waals surface area contributed by atoms with Crippen LogP contribution in [-0.4, -0.2) is 28.4 Å². The van der Waals surface area contributed by atoms with Crippen LogP contribution in [0, 0.1) is 10.1 Å². The van der Waals surface area contributed by atoms with Gasteiger partial charge in [-0.3, -0.25) is 4.79 Å². The normalized spacial score (nSPS) is 10.2. The lowest BCUT2D eigenvalue weighted by Gasteiger charge is -2.09. The number of nitro groups is 1. The average Bonchev–Trinajstić information content (AvgIpc) is 2.28. The molecule has 1 heterocycles. The van der Waals surface area contributed by atoms with Gasteiger partial charge >= 0.3 is 5.82 Å². The van der Waals surface area contributed by atoms with E-state index in [-0.39, 0.29) is 24.2 Å². The van der Waals surface area contributed by atoms with Crippen molar-refractivity contribution in [3.05, 3.63) is 28.4 Å². The van der Waals surface area contributed by atoms with Gasteiger partial charge in [-0.05, 0) is 35.9 Å². The van der Waals surface area contributed by atoms with Crippen LogP contribution in [0.25, 0.3) is 0 Å². The number of rotatable bonds is 6. The third-order valence-electron chi connectivity index (χ3n) is 2.08. The van der Waals surface area contributed by atoms with E-state index in [4.69, 9.17) is 0 Å². The van der Waals surface area contributed by atoms with E-state index in [0.29, 0.717) is 12.2 Å². The van der Waals surface area contributed by atoms with Crippen molar-refractivity contribution in [1.82, 2.24) is 10.3 Å². The standard InChI is InChI=1S/C11H16N4O3/c1-8(2)14-10(16)5-7-12-9-4-3-6-13-11(9)15(17)18/h3-4,6,8,12H,5,7H2,1-2H3,(H,14,16). The minimum Gasteiger partial charge on any atom is -0.378 e. The zero-order chi connectivity index (χ0) is 13.5. The number of anilines is 1. The van der Waals surface area contributed by atoms with Crippen LogP contribution in [-0.2, 0) is 4.79 Å². The summed E-state index contributed by atoms with van der Waals surface area (Å²) in [5, 5.41) is 16.3. The monoisotopic (exact) mass is 252 g/mol. The summed E-state index contributed by atoms with van der Waals surface area (Å²) in [6.45, 7) is 4.07. The minimum atomic E-state index is -0.559. The van der Waals surface area contributed by atoms with Crippen LogP contribution in [0.15, 0.2) is 18.3 Å². The number of aromatic nitrogens is 1. The van der Waals surface area contributed by atoms with Gasteiger partial charge in [0.2, 0.25) is 5.91 Å². The summed E-state index contributed by atoms with van der Waals surface area (Å²) in [6, 6.07) is 3.25. The van der Waals surface area contributed by atoms with Gasteiger partial charge < -0.3 is 20.7 Å². The predicted molar refractivity (Wildman–Crippen MR) is 67.3 cm³/mol. The Kier molecular flexibility index (Phi) is 5.04. The molecule has 0 atom stereocenters. The molecule has 18 heavy (non-hydrogen) atoms. The molecular weight excluding hydrogens is 236 g/mol. The number of hydrogen-bond donors (Lipinski definition) is 2. The Hall–Kier alpha value is -2.18. The van der Waals surface area contributed by atoms with E-state index in [1.807, 2.05) is 13.8 Å². The van der Waals surface area contributed by atoms with Crippen molar-refractivity contribution in [2.24, 2.45) is 0 Å². The molecule has 0 spiro atoms. The van der Waals surface area contributed by atoms with Crippen LogP contribution >= 0.6 is 0 Å². The SMILES string of the molecule is CC(C)NC(=O)CCNc1cccnc1[N+](=O)[O-]. The predicted octanol–water partition coefficient (Wildman–Crippen LogP) is 1.32. The summed E-state index contributed by atoms with van der Waals surface area (Å²) in [5.74, 6) is -0.328. The fourth-order valence-corrected chi connectivity index (χ4v) is 1.39. The minimum absolute atomic E-state index is 0.0882. The maximum Gasteiger partial charge on any atom is 0.386 e. The summed E-state index contributed by atoms with van der Waals surface area (Å²) in [5.41, 5.74) is 0.319. The third kappa shape index (κ3) is 4.36. The quantitative estimate of drug-likeness (QED) is 0.587. The van der Waals surface area contributed by atoms with Crippen molar-refractivity contribution in [3.63, 3.8) is 0 Å². The first kappa shape index (κ1) is 13.9. The summed E-state index contributed by atoms with van der Waals surface area (Å²) in [7, 11) is 0. The maximum atomic E-state index is 11.4. The molecule has 0 saturated carbocycles. The van der Waals surface area contributed by atoms with Gasteiger partial charge in [-0.15, -0.1) is 0 Å². The smallest absolute Gasteiger partial charge is 0.378 e. The molecule has 0 saturated heterocycles. The highest BCUT2D eigenvalue weighted by atomic mass is 16.6. The van der Waals surface area contributed by atoms with Gasteiger partial charge in [0.15, 0.2) is 0 Å². The number of carbonyl (C=O) groups excluding carboxylic acids is 1. The molecule has 0 aliphatic heterocycles. The first-order chi connectivity index (χ1) is 8.50. The van der Waals surface area contributed by atoms with Crippen molar-refractivity contribution in [3.8, 4) is 0 Å². The zero-order valence-corrected chi connectivity index (χ0v) is 10.3. The molecule has 1 aromatic heterocycles. The van der Waals surface area contributed by atoms with E-state index < -0.39 is 4.92 Å². The van der Waals surface area contributed by atoms with Crippen LogP contribution in [0.3, 0.4) is 0 Å². The molecule has 1 amide bonds. The molecule has 98 valence electrons. The average molecular weight is 252 g/mol. The molecule has 0 aliphatic rings. The molecule has 0 radical (unpaired) electrons. The van der Waals surface area contributed by atoms with Crippen LogP contribution in [0.5, 0.6) is 0 Å². The third-order valence-corrected chi connectivity index (χ3v) is 2.08. The second kappa shape index (κ2) is 6.53. The van der Waals surface area contributed by atoms with Crippen molar-refractivity contribution >= 4 is 17.4 Å². The summed E-state index contributed by atoms with van der Waals surface area (Å²) >= 11 is 0. The summed E-state index contributed by atoms with van der Waals surface area (Å²) in [4.78, 5) is 25.2. The van der Waals surface area contributed by atoms with Crippen molar-refractivity contribution in [2.45, 2.75) is 26.3 Å². The lowest BCUT2D eigenvalue weighted by molar-refractivity contribution is -0.388. The van der Waals surface area contributed by atoms with Gasteiger partial charge in [-0.2, -0.15) is 0 Å². The highest BCUT2D eigenvalue weighted by molar-refractivity contribution is 5.76. The molecule has 1 aromatic rings. The highest BCUT2D eigenvalue weighted by Crippen LogP contribution is 2.19. The second-order valence-electron chi connectivity index (χ2n) is 4.03. The Bertz CT molecular complexity index is 434. The molecule has 0 bridgehead atoms. The molecule has 7 heteroatoms. The Balaban J connectivity index is 2.49. The van der Waals surface area contributed by atoms with E-state index >= 15 is 0 Å². The Morgan fingerprint density at radius 2 is 2.28 bits per heavy atom. The Morgan fingerprint density at radius 3 is 2.89 bits per heavy atom. The second-order valence-corrected chi connectivity index (χ2v) is 4.03. The van der Waals surface area contributed by atoms with Crippen LogP contribution in [0.1, 0.15) is 20.3 Å². The van der Waals surface area contributed by atoms with Crippen molar-refractivity contribution < 1.29 is 9.72 Å². The molecule has 0 unspecified atom stereocenters. The van der Waals surface area contributed by atoms with Gasteiger partial charge in [-0.1, -0.05) is 0 Å². The molecule has 2 N–H and O–H groups in total. The van der Waals surface area contributed by atoms with E-state index in [1.54, 1.807) is 12.1 Å². The topological polar surface area (TPSA) is 97.2 Å². The number of amides is 1. The van der Waals surface area contributed by atoms with Crippen molar-refractivity contribution in [2.75, 3.05) is 11.9 Å². The van der Waals surface area contributed by atoms with Crippen LogP contribution in [0.4, 0.5) is 11.5 Å². The number of pyridine rings is 1. The molecule has 0 aliphatic carbocycles. The van der Waals surface area contributed by atoms with Gasteiger partial charge in [-0.25, -0.2) is 0 Å². The highest BCUT2D eigenvalue weighted by Gasteiger charge is 2.13. The zero-order valence-electron chi connectivity index (χ0n) is 10.3. The summed E-state index contributed by atoms with van der Waals surface area (Å²) < 4.78 is 0. The fraction of sp³-hybridized carbons (Fsp3) is 0.455. The summed E-state index contributed by atoms with van der Waals surface area (Å²) in [6.07, 6.45) is 1.61.